The van der Waals surface area contributed by atoms with Gasteiger partial charge < -0.3 is 15.3 Å². The van der Waals surface area contributed by atoms with Crippen LogP contribution in [0.15, 0.2) is 17.0 Å². The molecule has 1 heterocycles. The molecule has 0 radical (unpaired) electrons. The Labute approximate surface area is 65.0 Å². The van der Waals surface area contributed by atoms with E-state index >= 15 is 0 Å². The van der Waals surface area contributed by atoms with Gasteiger partial charge in [0.1, 0.15) is 6.10 Å². The van der Waals surface area contributed by atoms with Crippen LogP contribution in [0.3, 0.4) is 0 Å². The highest BCUT2D eigenvalue weighted by Crippen LogP contribution is 2.16. The largest absolute Gasteiger partial charge is 0.446 e. The van der Waals surface area contributed by atoms with Crippen molar-refractivity contribution in [2.45, 2.75) is 18.9 Å². The molecule has 4 heteroatoms. The molecule has 0 aliphatic rings. The summed E-state index contributed by atoms with van der Waals surface area (Å²) in [4.78, 5) is 3.69. The molecule has 1 atom stereocenters. The predicted octanol–water partition coefficient (Wildman–Crippen LogP) is 0.447. The van der Waals surface area contributed by atoms with Gasteiger partial charge in [-0.25, -0.2) is 4.98 Å². The van der Waals surface area contributed by atoms with Gasteiger partial charge in [0, 0.05) is 0 Å². The van der Waals surface area contributed by atoms with Gasteiger partial charge >= 0.3 is 0 Å². The van der Waals surface area contributed by atoms with Crippen LogP contribution in [0.4, 0.5) is 0 Å². The Kier molecular flexibility index (Phi) is 3.07. The van der Waals surface area contributed by atoms with Crippen molar-refractivity contribution in [3.05, 3.63) is 18.4 Å². The van der Waals surface area contributed by atoms with Crippen LogP contribution in [-0.2, 0) is 0 Å². The summed E-state index contributed by atoms with van der Waals surface area (Å²) < 4.78 is 4.89. The van der Waals surface area contributed by atoms with E-state index in [2.05, 4.69) is 4.98 Å². The summed E-state index contributed by atoms with van der Waals surface area (Å²) in [5.74, 6) is 0.512. The van der Waals surface area contributed by atoms with Gasteiger partial charge in [0.15, 0.2) is 12.2 Å². The number of aliphatic hydroxyl groups is 1. The maximum Gasteiger partial charge on any atom is 0.180 e. The highest BCUT2D eigenvalue weighted by molar-refractivity contribution is 4.92. The average Bonchev–Trinajstić information content (AvgIpc) is 2.52. The van der Waals surface area contributed by atoms with E-state index in [4.69, 9.17) is 10.2 Å². The van der Waals surface area contributed by atoms with Crippen molar-refractivity contribution in [2.24, 2.45) is 5.73 Å². The van der Waals surface area contributed by atoms with Crippen molar-refractivity contribution in [1.29, 1.82) is 0 Å². The highest BCUT2D eigenvalue weighted by atomic mass is 16.4. The molecule has 0 amide bonds. The minimum absolute atomic E-state index is 0.512. The maximum absolute atomic E-state index is 9.35. The minimum Gasteiger partial charge on any atom is -0.446 e. The van der Waals surface area contributed by atoms with E-state index in [0.29, 0.717) is 18.7 Å². The van der Waals surface area contributed by atoms with Crippen LogP contribution in [0.5, 0.6) is 0 Å². The maximum atomic E-state index is 9.35. The SMILES string of the molecule is NCCCC(O)c1cnco1. The number of aromatic nitrogens is 1. The van der Waals surface area contributed by atoms with Crippen molar-refractivity contribution in [1.82, 2.24) is 4.98 Å². The van der Waals surface area contributed by atoms with E-state index < -0.39 is 6.10 Å². The van der Waals surface area contributed by atoms with Crippen LogP contribution in [-0.4, -0.2) is 16.6 Å². The number of hydrogen-bond donors (Lipinski definition) is 2. The van der Waals surface area contributed by atoms with E-state index in [1.807, 2.05) is 0 Å². The summed E-state index contributed by atoms with van der Waals surface area (Å²) in [6, 6.07) is 0. The first-order valence-corrected chi connectivity index (χ1v) is 3.61. The minimum atomic E-state index is -0.555. The summed E-state index contributed by atoms with van der Waals surface area (Å²) in [5.41, 5.74) is 5.27. The van der Waals surface area contributed by atoms with E-state index in [1.54, 1.807) is 0 Å². The van der Waals surface area contributed by atoms with Crippen LogP contribution < -0.4 is 5.73 Å². The Morgan fingerprint density at radius 3 is 3.09 bits per heavy atom. The molecule has 0 aliphatic heterocycles. The second-order valence-corrected chi connectivity index (χ2v) is 2.35. The lowest BCUT2D eigenvalue weighted by Gasteiger charge is -2.04. The van der Waals surface area contributed by atoms with Crippen molar-refractivity contribution >= 4 is 0 Å². The average molecular weight is 156 g/mol. The number of nitrogens with two attached hydrogens (primary N) is 1. The Morgan fingerprint density at radius 1 is 1.73 bits per heavy atom. The molecule has 0 aliphatic carbocycles. The summed E-state index contributed by atoms with van der Waals surface area (Å²) in [7, 11) is 0. The Balaban J connectivity index is 2.36. The lowest BCUT2D eigenvalue weighted by atomic mass is 10.2. The molecule has 1 aromatic heterocycles. The number of oxazole rings is 1. The predicted molar refractivity (Wildman–Crippen MR) is 39.8 cm³/mol. The molecule has 62 valence electrons. The van der Waals surface area contributed by atoms with Crippen LogP contribution in [0.2, 0.25) is 0 Å². The summed E-state index contributed by atoms with van der Waals surface area (Å²) >= 11 is 0. The lowest BCUT2D eigenvalue weighted by molar-refractivity contribution is 0.138. The van der Waals surface area contributed by atoms with Gasteiger partial charge in [-0.1, -0.05) is 0 Å². The molecule has 0 spiro atoms. The van der Waals surface area contributed by atoms with Gasteiger partial charge in [0.25, 0.3) is 0 Å². The summed E-state index contributed by atoms with van der Waals surface area (Å²) in [5, 5.41) is 9.35. The molecule has 3 N–H and O–H groups in total. The van der Waals surface area contributed by atoms with Crippen LogP contribution in [0.25, 0.3) is 0 Å². The normalized spacial score (nSPS) is 13.3. The van der Waals surface area contributed by atoms with Crippen LogP contribution in [0, 0.1) is 0 Å². The zero-order valence-corrected chi connectivity index (χ0v) is 6.23. The molecule has 0 aromatic carbocycles. The van der Waals surface area contributed by atoms with Gasteiger partial charge in [-0.05, 0) is 19.4 Å². The van der Waals surface area contributed by atoms with Crippen molar-refractivity contribution in [2.75, 3.05) is 6.54 Å². The third kappa shape index (κ3) is 2.32. The monoisotopic (exact) mass is 156 g/mol. The number of aliphatic hydroxyl groups excluding tert-OH is 1. The molecule has 0 saturated carbocycles. The van der Waals surface area contributed by atoms with Gasteiger partial charge in [0.05, 0.1) is 6.20 Å². The van der Waals surface area contributed by atoms with Crippen molar-refractivity contribution in [3.63, 3.8) is 0 Å². The zero-order chi connectivity index (χ0) is 8.10. The van der Waals surface area contributed by atoms with Gasteiger partial charge in [-0.15, -0.1) is 0 Å². The topological polar surface area (TPSA) is 72.3 Å². The molecular formula is C7H12N2O2. The molecule has 0 saturated heterocycles. The van der Waals surface area contributed by atoms with Crippen LogP contribution >= 0.6 is 0 Å². The molecule has 0 bridgehead atoms. The third-order valence-electron chi connectivity index (χ3n) is 1.46. The van der Waals surface area contributed by atoms with Gasteiger partial charge in [0.2, 0.25) is 0 Å². The zero-order valence-electron chi connectivity index (χ0n) is 6.23. The number of nitrogens with zero attached hydrogens (tertiary/aromatic N) is 1. The quantitative estimate of drug-likeness (QED) is 0.663. The summed E-state index contributed by atoms with van der Waals surface area (Å²) in [6.07, 6.45) is 3.69. The first kappa shape index (κ1) is 8.23. The molecule has 4 nitrogen and oxygen atoms in total. The molecule has 1 unspecified atom stereocenters. The molecule has 1 rings (SSSR count). The molecule has 1 aromatic rings. The second-order valence-electron chi connectivity index (χ2n) is 2.35. The highest BCUT2D eigenvalue weighted by Gasteiger charge is 2.09. The smallest absolute Gasteiger partial charge is 0.180 e. The second kappa shape index (κ2) is 4.10. The Morgan fingerprint density at radius 2 is 2.55 bits per heavy atom. The number of hydrogen-bond acceptors (Lipinski definition) is 4. The van der Waals surface area contributed by atoms with Gasteiger partial charge in [-0.3, -0.25) is 0 Å². The molecular weight excluding hydrogens is 144 g/mol. The fourth-order valence-corrected chi connectivity index (χ4v) is 0.844. The van der Waals surface area contributed by atoms with E-state index in [1.165, 1.54) is 12.6 Å². The fraction of sp³-hybridized carbons (Fsp3) is 0.571. The van der Waals surface area contributed by atoms with Crippen molar-refractivity contribution in [3.8, 4) is 0 Å². The first-order chi connectivity index (χ1) is 5.34. The first-order valence-electron chi connectivity index (χ1n) is 3.61. The van der Waals surface area contributed by atoms with Gasteiger partial charge in [-0.2, -0.15) is 0 Å². The molecule has 0 fully saturated rings. The van der Waals surface area contributed by atoms with E-state index in [0.717, 1.165) is 6.42 Å². The van der Waals surface area contributed by atoms with Crippen molar-refractivity contribution < 1.29 is 9.52 Å². The van der Waals surface area contributed by atoms with E-state index in [9.17, 15) is 5.11 Å². The molecule has 11 heavy (non-hydrogen) atoms. The summed E-state index contributed by atoms with van der Waals surface area (Å²) in [6.45, 7) is 0.588. The number of rotatable bonds is 4. The Hall–Kier alpha value is -0.870. The van der Waals surface area contributed by atoms with E-state index in [-0.39, 0.29) is 0 Å². The fourth-order valence-electron chi connectivity index (χ4n) is 0.844. The van der Waals surface area contributed by atoms with Crippen LogP contribution in [0.1, 0.15) is 24.7 Å². The third-order valence-corrected chi connectivity index (χ3v) is 1.46. The Bertz CT molecular complexity index is 186. The lowest BCUT2D eigenvalue weighted by Crippen LogP contribution is -2.02. The standard InChI is InChI=1S/C7H12N2O2/c8-3-1-2-6(10)7-4-9-5-11-7/h4-6,10H,1-3,8H2.